The molecule has 0 aromatic heterocycles. The fraction of sp³-hybridized carbons (Fsp3) is 0.222. The summed E-state index contributed by atoms with van der Waals surface area (Å²) in [6.07, 6.45) is 1.39. The van der Waals surface area contributed by atoms with Crippen molar-refractivity contribution in [3.8, 4) is 5.75 Å². The number of halogens is 1. The molecule has 144 valence electrons. The normalized spacial score (nSPS) is 18.4. The third-order valence-corrected chi connectivity index (χ3v) is 7.48. The first kappa shape index (κ1) is 19.7. The molecule has 1 aliphatic rings. The molecule has 27 heavy (non-hydrogen) atoms. The minimum atomic E-state index is -4.01. The van der Waals surface area contributed by atoms with Gasteiger partial charge in [-0.05, 0) is 61.5 Å². The largest absolute Gasteiger partial charge is 0.494 e. The third-order valence-electron chi connectivity index (χ3n) is 3.98. The maximum absolute atomic E-state index is 13.3. The van der Waals surface area contributed by atoms with E-state index < -0.39 is 25.9 Å². The average molecular weight is 428 g/mol. The van der Waals surface area contributed by atoms with Crippen LogP contribution in [-0.2, 0) is 19.9 Å². The second-order valence-electron chi connectivity index (χ2n) is 5.91. The Labute approximate surface area is 164 Å². The van der Waals surface area contributed by atoms with Gasteiger partial charge in [-0.2, -0.15) is 0 Å². The summed E-state index contributed by atoms with van der Waals surface area (Å²) in [4.78, 5) is 0.0264. The summed E-state index contributed by atoms with van der Waals surface area (Å²) >= 11 is 5.86. The van der Waals surface area contributed by atoms with E-state index in [0.717, 1.165) is 9.71 Å². The molecule has 0 saturated carbocycles. The molecule has 1 heterocycles. The molecule has 0 N–H and O–H groups in total. The lowest BCUT2D eigenvalue weighted by molar-refractivity contribution is 0.340. The van der Waals surface area contributed by atoms with Crippen LogP contribution in [0, 0.1) is 0 Å². The SMILES string of the molecule is CCOc1ccc(N([C@@H]2C=CS(=O)(=O)C2)S(=O)(=O)c2ccc(Cl)cc2)cc1. The van der Waals surface area contributed by atoms with Gasteiger partial charge in [0.1, 0.15) is 5.75 Å². The Morgan fingerprint density at radius 1 is 1.11 bits per heavy atom. The van der Waals surface area contributed by atoms with Gasteiger partial charge in [0.05, 0.1) is 29.0 Å². The molecule has 0 bridgehead atoms. The molecule has 2 aromatic carbocycles. The highest BCUT2D eigenvalue weighted by atomic mass is 35.5. The molecule has 0 spiro atoms. The van der Waals surface area contributed by atoms with E-state index in [9.17, 15) is 16.8 Å². The first-order chi connectivity index (χ1) is 12.7. The van der Waals surface area contributed by atoms with Gasteiger partial charge in [0.25, 0.3) is 10.0 Å². The molecule has 3 rings (SSSR count). The van der Waals surface area contributed by atoms with Crippen LogP contribution in [0.4, 0.5) is 5.69 Å². The number of sulfone groups is 1. The summed E-state index contributed by atoms with van der Waals surface area (Å²) in [5, 5.41) is 1.46. The summed E-state index contributed by atoms with van der Waals surface area (Å²) < 4.78 is 56.8. The predicted molar refractivity (Wildman–Crippen MR) is 105 cm³/mol. The highest BCUT2D eigenvalue weighted by molar-refractivity contribution is 7.95. The van der Waals surface area contributed by atoms with E-state index in [1.807, 2.05) is 6.92 Å². The van der Waals surface area contributed by atoms with E-state index >= 15 is 0 Å². The van der Waals surface area contributed by atoms with Crippen LogP contribution in [0.2, 0.25) is 5.02 Å². The first-order valence-corrected chi connectivity index (χ1v) is 11.7. The molecule has 0 unspecified atom stereocenters. The highest BCUT2D eigenvalue weighted by Gasteiger charge is 2.35. The summed E-state index contributed by atoms with van der Waals surface area (Å²) in [5.74, 6) is 0.284. The van der Waals surface area contributed by atoms with Crippen molar-refractivity contribution in [2.24, 2.45) is 0 Å². The van der Waals surface area contributed by atoms with Crippen LogP contribution in [0.25, 0.3) is 0 Å². The molecule has 0 fully saturated rings. The first-order valence-electron chi connectivity index (χ1n) is 8.17. The van der Waals surface area contributed by atoms with Crippen LogP contribution >= 0.6 is 11.6 Å². The molecule has 0 saturated heterocycles. The van der Waals surface area contributed by atoms with Crippen LogP contribution in [0.5, 0.6) is 5.75 Å². The lowest BCUT2D eigenvalue weighted by Gasteiger charge is -2.29. The minimum absolute atomic E-state index is 0.0264. The predicted octanol–water partition coefficient (Wildman–Crippen LogP) is 3.24. The Balaban J connectivity index is 2.07. The van der Waals surface area contributed by atoms with Gasteiger partial charge in [-0.3, -0.25) is 4.31 Å². The maximum atomic E-state index is 13.3. The highest BCUT2D eigenvalue weighted by Crippen LogP contribution is 2.31. The Morgan fingerprint density at radius 2 is 1.74 bits per heavy atom. The van der Waals surface area contributed by atoms with Crippen molar-refractivity contribution >= 4 is 37.1 Å². The Bertz CT molecular complexity index is 1050. The lowest BCUT2D eigenvalue weighted by Crippen LogP contribution is -2.41. The van der Waals surface area contributed by atoms with E-state index in [1.165, 1.54) is 30.3 Å². The van der Waals surface area contributed by atoms with E-state index in [1.54, 1.807) is 24.3 Å². The fourth-order valence-corrected chi connectivity index (χ4v) is 5.89. The number of sulfonamides is 1. The lowest BCUT2D eigenvalue weighted by atomic mass is 10.2. The van der Waals surface area contributed by atoms with Gasteiger partial charge in [-0.1, -0.05) is 11.6 Å². The second kappa shape index (κ2) is 7.53. The Hall–Kier alpha value is -2.03. The molecule has 0 radical (unpaired) electrons. The topological polar surface area (TPSA) is 80.8 Å². The average Bonchev–Trinajstić information content (AvgIpc) is 2.96. The van der Waals surface area contributed by atoms with Gasteiger partial charge in [-0.25, -0.2) is 16.8 Å². The van der Waals surface area contributed by atoms with Gasteiger partial charge in [0.15, 0.2) is 9.84 Å². The molecule has 1 aliphatic heterocycles. The monoisotopic (exact) mass is 427 g/mol. The second-order valence-corrected chi connectivity index (χ2v) is 10.1. The molecular formula is C18H18ClNO5S2. The molecular weight excluding hydrogens is 410 g/mol. The van der Waals surface area contributed by atoms with Crippen LogP contribution in [-0.4, -0.2) is 35.2 Å². The van der Waals surface area contributed by atoms with Gasteiger partial charge < -0.3 is 4.74 Å². The van der Waals surface area contributed by atoms with E-state index in [2.05, 4.69) is 0 Å². The number of rotatable bonds is 6. The van der Waals surface area contributed by atoms with Crippen molar-refractivity contribution in [3.63, 3.8) is 0 Å². The molecule has 2 aromatic rings. The van der Waals surface area contributed by atoms with Gasteiger partial charge in [0, 0.05) is 10.4 Å². The summed E-state index contributed by atoms with van der Waals surface area (Å²) in [7, 11) is -7.46. The van der Waals surface area contributed by atoms with E-state index in [-0.39, 0.29) is 10.6 Å². The Morgan fingerprint density at radius 3 is 2.26 bits per heavy atom. The van der Waals surface area contributed by atoms with Gasteiger partial charge in [0.2, 0.25) is 0 Å². The Kier molecular flexibility index (Phi) is 5.50. The number of ether oxygens (including phenoxy) is 1. The van der Waals surface area contributed by atoms with E-state index in [0.29, 0.717) is 23.1 Å². The molecule has 0 aliphatic carbocycles. The minimum Gasteiger partial charge on any atom is -0.494 e. The van der Waals surface area contributed by atoms with Crippen molar-refractivity contribution in [2.75, 3.05) is 16.7 Å². The zero-order chi connectivity index (χ0) is 19.7. The van der Waals surface area contributed by atoms with Gasteiger partial charge in [-0.15, -0.1) is 0 Å². The smallest absolute Gasteiger partial charge is 0.264 e. The summed E-state index contributed by atoms with van der Waals surface area (Å²) in [5.41, 5.74) is 0.347. The molecule has 0 amide bonds. The van der Waals surface area contributed by atoms with Crippen molar-refractivity contribution in [1.82, 2.24) is 0 Å². The van der Waals surface area contributed by atoms with Crippen molar-refractivity contribution in [3.05, 3.63) is 65.0 Å². The van der Waals surface area contributed by atoms with Crippen LogP contribution in [0.15, 0.2) is 64.9 Å². The van der Waals surface area contributed by atoms with Crippen molar-refractivity contribution in [2.45, 2.75) is 17.9 Å². The fourth-order valence-electron chi connectivity index (χ4n) is 2.79. The van der Waals surface area contributed by atoms with Crippen molar-refractivity contribution < 1.29 is 21.6 Å². The number of hydrogen-bond donors (Lipinski definition) is 0. The van der Waals surface area contributed by atoms with E-state index in [4.69, 9.17) is 16.3 Å². The number of benzene rings is 2. The van der Waals surface area contributed by atoms with Crippen LogP contribution < -0.4 is 9.04 Å². The molecule has 1 atom stereocenters. The number of nitrogens with zero attached hydrogens (tertiary/aromatic N) is 1. The van der Waals surface area contributed by atoms with Crippen LogP contribution in [0.1, 0.15) is 6.92 Å². The van der Waals surface area contributed by atoms with Gasteiger partial charge >= 0.3 is 0 Å². The number of anilines is 1. The maximum Gasteiger partial charge on any atom is 0.264 e. The summed E-state index contributed by atoms with van der Waals surface area (Å²) in [6.45, 7) is 2.33. The third kappa shape index (κ3) is 4.28. The molecule has 9 heteroatoms. The summed E-state index contributed by atoms with van der Waals surface area (Å²) in [6, 6.07) is 11.4. The zero-order valence-corrected chi connectivity index (χ0v) is 16.8. The molecule has 6 nitrogen and oxygen atoms in total. The number of hydrogen-bond acceptors (Lipinski definition) is 5. The quantitative estimate of drug-likeness (QED) is 0.706. The van der Waals surface area contributed by atoms with Crippen molar-refractivity contribution in [1.29, 1.82) is 0 Å². The van der Waals surface area contributed by atoms with Crippen LogP contribution in [0.3, 0.4) is 0 Å². The standard InChI is InChI=1S/C18H18ClNO5S2/c1-2-25-17-7-5-15(6-8-17)20(16-11-12-26(21,22)13-16)27(23,24)18-9-3-14(19)4-10-18/h3-12,16H,2,13H2,1H3/t16-/m1/s1. The zero-order valence-electron chi connectivity index (χ0n) is 14.4.